The van der Waals surface area contributed by atoms with Crippen LogP contribution in [0.15, 0.2) is 11.4 Å². The van der Waals surface area contributed by atoms with Crippen molar-refractivity contribution >= 4 is 0 Å². The molecule has 0 aliphatic rings. The van der Waals surface area contributed by atoms with Gasteiger partial charge in [0.15, 0.2) is 0 Å². The largest absolute Gasteiger partial charge is 0.457 e. The molecule has 0 aromatic heterocycles. The summed E-state index contributed by atoms with van der Waals surface area (Å²) in [5.74, 6) is -13.0. The van der Waals surface area contributed by atoms with E-state index in [0.717, 1.165) is 0 Å². The van der Waals surface area contributed by atoms with Crippen molar-refractivity contribution in [3.63, 3.8) is 0 Å². The summed E-state index contributed by atoms with van der Waals surface area (Å²) in [5.41, 5.74) is -13.5. The SMILES string of the molecule is F/C(=C(/C(F)(F)C(F)(F)F)C(F)(C(F)(F)F)C(F)(F)F)C(F)(F)F. The van der Waals surface area contributed by atoms with E-state index in [2.05, 4.69) is 0 Å². The second-order valence-corrected chi connectivity index (χ2v) is 3.91. The molecule has 0 saturated heterocycles. The quantitative estimate of drug-likeness (QED) is 0.514. The third-order valence-electron chi connectivity index (χ3n) is 2.26. The molecule has 0 fully saturated rings. The van der Waals surface area contributed by atoms with E-state index in [1.165, 1.54) is 0 Å². The number of halogens is 16. The van der Waals surface area contributed by atoms with Crippen molar-refractivity contribution in [2.75, 3.05) is 0 Å². The number of hydrogen-bond acceptors (Lipinski definition) is 0. The first-order chi connectivity index (χ1) is 10.0. The summed E-state index contributed by atoms with van der Waals surface area (Å²) in [5, 5.41) is 0. The molecule has 0 rings (SSSR count). The summed E-state index contributed by atoms with van der Waals surface area (Å²) in [4.78, 5) is 0. The van der Waals surface area contributed by atoms with Crippen molar-refractivity contribution in [1.82, 2.24) is 0 Å². The van der Waals surface area contributed by atoms with Crippen LogP contribution in [0, 0.1) is 0 Å². The molecule has 24 heavy (non-hydrogen) atoms. The van der Waals surface area contributed by atoms with E-state index >= 15 is 0 Å². The Balaban J connectivity index is 7.26. The van der Waals surface area contributed by atoms with Crippen molar-refractivity contribution in [3.05, 3.63) is 11.4 Å². The summed E-state index contributed by atoms with van der Waals surface area (Å²) in [7, 11) is 0. The normalized spacial score (nSPS) is 17.0. The van der Waals surface area contributed by atoms with E-state index < -0.39 is 47.7 Å². The maximum Gasteiger partial charge on any atom is 0.457 e. The van der Waals surface area contributed by atoms with Crippen molar-refractivity contribution < 1.29 is 70.2 Å². The van der Waals surface area contributed by atoms with Crippen LogP contribution in [0.25, 0.3) is 0 Å². The Hall–Kier alpha value is -1.38. The summed E-state index contributed by atoms with van der Waals surface area (Å²) in [6.45, 7) is 0. The fraction of sp³-hybridized carbons (Fsp3) is 0.750. The number of hydrogen-bond donors (Lipinski definition) is 0. The summed E-state index contributed by atoms with van der Waals surface area (Å²) >= 11 is 0. The van der Waals surface area contributed by atoms with Gasteiger partial charge in [-0.3, -0.25) is 0 Å². The molecule has 0 bridgehead atoms. The van der Waals surface area contributed by atoms with Crippen LogP contribution >= 0.6 is 0 Å². The van der Waals surface area contributed by atoms with Gasteiger partial charge in [-0.15, -0.1) is 0 Å². The second-order valence-electron chi connectivity index (χ2n) is 3.91. The van der Waals surface area contributed by atoms with Gasteiger partial charge in [-0.1, -0.05) is 0 Å². The average molecular weight is 400 g/mol. The second kappa shape index (κ2) is 5.57. The lowest BCUT2D eigenvalue weighted by atomic mass is 9.87. The molecular formula is C8F16. The summed E-state index contributed by atoms with van der Waals surface area (Å²) in [6.07, 6.45) is -30.5. The maximum atomic E-state index is 13.2. The van der Waals surface area contributed by atoms with E-state index in [9.17, 15) is 70.2 Å². The molecule has 0 radical (unpaired) electrons. The van der Waals surface area contributed by atoms with Crippen LogP contribution in [-0.2, 0) is 0 Å². The van der Waals surface area contributed by atoms with Gasteiger partial charge in [0.25, 0.3) is 0 Å². The lowest BCUT2D eigenvalue weighted by Crippen LogP contribution is -2.61. The van der Waals surface area contributed by atoms with Gasteiger partial charge in [-0.25, -0.2) is 8.78 Å². The van der Waals surface area contributed by atoms with E-state index in [-0.39, 0.29) is 0 Å². The summed E-state index contributed by atoms with van der Waals surface area (Å²) < 4.78 is 196. The monoisotopic (exact) mass is 400 g/mol. The number of alkyl halides is 15. The minimum absolute atomic E-state index is 5.22. The molecule has 0 aromatic rings. The van der Waals surface area contributed by atoms with Crippen LogP contribution in [0.2, 0.25) is 0 Å². The van der Waals surface area contributed by atoms with Gasteiger partial charge >= 0.3 is 36.3 Å². The minimum atomic E-state index is -7.97. The molecule has 0 unspecified atom stereocenters. The first-order valence-electron chi connectivity index (χ1n) is 4.77. The molecular weight excluding hydrogens is 400 g/mol. The Morgan fingerprint density at radius 3 is 0.917 bits per heavy atom. The zero-order valence-corrected chi connectivity index (χ0v) is 10.0. The Bertz CT molecular complexity index is 478. The highest BCUT2D eigenvalue weighted by molar-refractivity contribution is 5.36. The highest BCUT2D eigenvalue weighted by atomic mass is 19.4. The lowest BCUT2D eigenvalue weighted by Gasteiger charge is -2.36. The standard InChI is InChI=1S/C8F16/c9-2(5(13,14)15)1(4(11,12)8(22,23)24)3(10,6(16,17)18)7(19,20)21/b2-1+. The van der Waals surface area contributed by atoms with E-state index in [4.69, 9.17) is 0 Å². The van der Waals surface area contributed by atoms with Crippen LogP contribution < -0.4 is 0 Å². The van der Waals surface area contributed by atoms with E-state index in [1.807, 2.05) is 0 Å². The minimum Gasteiger partial charge on any atom is -0.218 e. The van der Waals surface area contributed by atoms with E-state index in [0.29, 0.717) is 0 Å². The highest BCUT2D eigenvalue weighted by Gasteiger charge is 2.83. The van der Waals surface area contributed by atoms with Crippen LogP contribution in [-0.4, -0.2) is 36.3 Å². The van der Waals surface area contributed by atoms with Crippen LogP contribution in [0.4, 0.5) is 70.2 Å². The molecule has 0 nitrogen and oxygen atoms in total. The molecule has 144 valence electrons. The van der Waals surface area contributed by atoms with Crippen molar-refractivity contribution in [2.45, 2.75) is 36.3 Å². The average Bonchev–Trinajstić information content (AvgIpc) is 2.22. The van der Waals surface area contributed by atoms with Gasteiger partial charge in [0.1, 0.15) is 5.57 Å². The Kier molecular flexibility index (Phi) is 5.25. The Morgan fingerprint density at radius 1 is 0.458 bits per heavy atom. The fourth-order valence-corrected chi connectivity index (χ4v) is 1.23. The predicted octanol–water partition coefficient (Wildman–Crippen LogP) is 5.80. The van der Waals surface area contributed by atoms with Crippen LogP contribution in [0.1, 0.15) is 0 Å². The molecule has 0 spiro atoms. The van der Waals surface area contributed by atoms with Gasteiger partial charge in [-0.05, 0) is 0 Å². The molecule has 0 aliphatic heterocycles. The number of allylic oxidation sites excluding steroid dienone is 2. The van der Waals surface area contributed by atoms with Crippen LogP contribution in [0.3, 0.4) is 0 Å². The molecule has 0 saturated carbocycles. The van der Waals surface area contributed by atoms with Crippen molar-refractivity contribution in [3.8, 4) is 0 Å². The predicted molar refractivity (Wildman–Crippen MR) is 41.1 cm³/mol. The van der Waals surface area contributed by atoms with Crippen molar-refractivity contribution in [1.29, 1.82) is 0 Å². The smallest absolute Gasteiger partial charge is 0.218 e. The number of rotatable bonds is 2. The first kappa shape index (κ1) is 22.6. The molecule has 0 atom stereocenters. The lowest BCUT2D eigenvalue weighted by molar-refractivity contribution is -0.348. The van der Waals surface area contributed by atoms with Gasteiger partial charge in [0, 0.05) is 0 Å². The van der Waals surface area contributed by atoms with Gasteiger partial charge in [0.2, 0.25) is 5.83 Å². The summed E-state index contributed by atoms with van der Waals surface area (Å²) in [6, 6.07) is 0. The molecule has 0 heterocycles. The fourth-order valence-electron chi connectivity index (χ4n) is 1.23. The highest BCUT2D eigenvalue weighted by Crippen LogP contribution is 2.59. The van der Waals surface area contributed by atoms with Gasteiger partial charge in [-0.2, -0.15) is 61.5 Å². The van der Waals surface area contributed by atoms with E-state index in [1.54, 1.807) is 0 Å². The van der Waals surface area contributed by atoms with Crippen LogP contribution in [0.5, 0.6) is 0 Å². The third kappa shape index (κ3) is 3.50. The Morgan fingerprint density at radius 2 is 0.750 bits per heavy atom. The zero-order chi connectivity index (χ0) is 20.2. The van der Waals surface area contributed by atoms with Crippen molar-refractivity contribution in [2.24, 2.45) is 0 Å². The topological polar surface area (TPSA) is 0 Å². The van der Waals surface area contributed by atoms with Gasteiger partial charge < -0.3 is 0 Å². The first-order valence-corrected chi connectivity index (χ1v) is 4.77. The molecule has 0 N–H and O–H groups in total. The third-order valence-corrected chi connectivity index (χ3v) is 2.26. The molecule has 0 aromatic carbocycles. The molecule has 0 aliphatic carbocycles. The molecule has 16 heteroatoms. The van der Waals surface area contributed by atoms with Gasteiger partial charge in [0.05, 0.1) is 0 Å². The molecule has 0 amide bonds. The Labute approximate surface area is 119 Å². The maximum absolute atomic E-state index is 13.2. The zero-order valence-electron chi connectivity index (χ0n) is 10.0.